The van der Waals surface area contributed by atoms with Crippen molar-refractivity contribution in [3.05, 3.63) is 12.4 Å². The molecule has 0 saturated carbocycles. The van der Waals surface area contributed by atoms with Crippen molar-refractivity contribution in [2.24, 2.45) is 18.4 Å². The van der Waals surface area contributed by atoms with Gasteiger partial charge in [0.2, 0.25) is 5.95 Å². The lowest BCUT2D eigenvalue weighted by Gasteiger charge is -2.39. The summed E-state index contributed by atoms with van der Waals surface area (Å²) in [4.78, 5) is 17.9. The molecule has 1 fully saturated rings. The third kappa shape index (κ3) is 2.21. The molecule has 0 spiro atoms. The van der Waals surface area contributed by atoms with Gasteiger partial charge in [-0.05, 0) is 32.6 Å². The van der Waals surface area contributed by atoms with Crippen LogP contribution in [-0.2, 0) is 11.8 Å². The van der Waals surface area contributed by atoms with Crippen molar-refractivity contribution in [3.8, 4) is 0 Å². The number of hydrogen-bond donors (Lipinski definition) is 1. The molecule has 2 rings (SSSR count). The number of carboxylic acid groups (broad SMARTS) is 1. The lowest BCUT2D eigenvalue weighted by molar-refractivity contribution is -0.150. The molecule has 5 heteroatoms. The first kappa shape index (κ1) is 12.9. The summed E-state index contributed by atoms with van der Waals surface area (Å²) >= 11 is 0. The standard InChI is InChI=1S/C13H21N3O2/c1-13(2,11(17)18)10-5-4-7-16(9-10)12-14-6-8-15(12)3/h6,8,10H,4-5,7,9H2,1-3H3,(H,17,18). The molecule has 1 aromatic rings. The highest BCUT2D eigenvalue weighted by molar-refractivity contribution is 5.74. The molecule has 1 aliphatic heterocycles. The van der Waals surface area contributed by atoms with E-state index in [4.69, 9.17) is 0 Å². The molecule has 1 unspecified atom stereocenters. The average molecular weight is 251 g/mol. The van der Waals surface area contributed by atoms with Crippen LogP contribution in [0.4, 0.5) is 5.95 Å². The van der Waals surface area contributed by atoms with Crippen LogP contribution in [0.1, 0.15) is 26.7 Å². The van der Waals surface area contributed by atoms with Crippen molar-refractivity contribution < 1.29 is 9.90 Å². The van der Waals surface area contributed by atoms with Gasteiger partial charge < -0.3 is 14.6 Å². The van der Waals surface area contributed by atoms with Gasteiger partial charge in [-0.3, -0.25) is 4.79 Å². The van der Waals surface area contributed by atoms with Crippen LogP contribution in [0, 0.1) is 11.3 Å². The zero-order valence-corrected chi connectivity index (χ0v) is 11.3. The maximum atomic E-state index is 11.3. The molecule has 0 aromatic carbocycles. The molecule has 1 aromatic heterocycles. The second kappa shape index (κ2) is 4.63. The lowest BCUT2D eigenvalue weighted by Crippen LogP contribution is -2.45. The predicted octanol–water partition coefficient (Wildman–Crippen LogP) is 1.75. The van der Waals surface area contributed by atoms with Gasteiger partial charge in [-0.1, -0.05) is 0 Å². The van der Waals surface area contributed by atoms with E-state index in [-0.39, 0.29) is 5.92 Å². The van der Waals surface area contributed by atoms with Crippen LogP contribution in [0.2, 0.25) is 0 Å². The van der Waals surface area contributed by atoms with E-state index in [1.807, 2.05) is 31.7 Å². The molecule has 1 saturated heterocycles. The Hall–Kier alpha value is -1.52. The minimum Gasteiger partial charge on any atom is -0.481 e. The summed E-state index contributed by atoms with van der Waals surface area (Å²) in [6, 6.07) is 0. The molecular weight excluding hydrogens is 230 g/mol. The highest BCUT2D eigenvalue weighted by atomic mass is 16.4. The molecule has 18 heavy (non-hydrogen) atoms. The molecule has 0 aliphatic carbocycles. The second-order valence-corrected chi connectivity index (χ2v) is 5.65. The highest BCUT2D eigenvalue weighted by Gasteiger charge is 2.39. The van der Waals surface area contributed by atoms with Crippen LogP contribution < -0.4 is 4.90 Å². The van der Waals surface area contributed by atoms with Gasteiger partial charge in [-0.15, -0.1) is 0 Å². The Morgan fingerprint density at radius 1 is 1.56 bits per heavy atom. The number of nitrogens with zero attached hydrogens (tertiary/aromatic N) is 3. The first-order valence-corrected chi connectivity index (χ1v) is 6.38. The summed E-state index contributed by atoms with van der Waals surface area (Å²) in [5.74, 6) is 0.385. The Morgan fingerprint density at radius 2 is 2.28 bits per heavy atom. The van der Waals surface area contributed by atoms with Crippen LogP contribution in [0.5, 0.6) is 0 Å². The van der Waals surface area contributed by atoms with Crippen molar-refractivity contribution in [2.75, 3.05) is 18.0 Å². The van der Waals surface area contributed by atoms with Crippen LogP contribution in [0.15, 0.2) is 12.4 Å². The maximum Gasteiger partial charge on any atom is 0.309 e. The van der Waals surface area contributed by atoms with Gasteiger partial charge in [0, 0.05) is 32.5 Å². The van der Waals surface area contributed by atoms with E-state index >= 15 is 0 Å². The van der Waals surface area contributed by atoms with Gasteiger partial charge in [-0.2, -0.15) is 0 Å². The van der Waals surface area contributed by atoms with Gasteiger partial charge in [0.25, 0.3) is 0 Å². The minimum absolute atomic E-state index is 0.167. The molecule has 1 N–H and O–H groups in total. The van der Waals surface area contributed by atoms with Crippen molar-refractivity contribution in [1.29, 1.82) is 0 Å². The number of carbonyl (C=O) groups is 1. The van der Waals surface area contributed by atoms with Crippen LogP contribution in [0.25, 0.3) is 0 Å². The summed E-state index contributed by atoms with van der Waals surface area (Å²) in [6.07, 6.45) is 5.69. The summed E-state index contributed by atoms with van der Waals surface area (Å²) in [6.45, 7) is 5.37. The van der Waals surface area contributed by atoms with E-state index in [2.05, 4.69) is 9.88 Å². The Kier molecular flexibility index (Phi) is 3.32. The number of carboxylic acids is 1. The SMILES string of the molecule is Cn1ccnc1N1CCCC(C(C)(C)C(=O)O)C1. The van der Waals surface area contributed by atoms with Crippen molar-refractivity contribution >= 4 is 11.9 Å². The Labute approximate surface area is 107 Å². The van der Waals surface area contributed by atoms with E-state index in [1.54, 1.807) is 6.20 Å². The fraction of sp³-hybridized carbons (Fsp3) is 0.692. The molecular formula is C13H21N3O2. The minimum atomic E-state index is -0.714. The fourth-order valence-electron chi connectivity index (χ4n) is 2.58. The van der Waals surface area contributed by atoms with E-state index in [0.717, 1.165) is 31.9 Å². The third-order valence-corrected chi connectivity index (χ3v) is 4.07. The molecule has 2 heterocycles. The largest absolute Gasteiger partial charge is 0.481 e. The number of imidazole rings is 1. The number of piperidine rings is 1. The molecule has 1 atom stereocenters. The average Bonchev–Trinajstić information content (AvgIpc) is 2.75. The van der Waals surface area contributed by atoms with Crippen LogP contribution in [0.3, 0.4) is 0 Å². The Morgan fingerprint density at radius 3 is 2.83 bits per heavy atom. The number of anilines is 1. The number of aryl methyl sites for hydroxylation is 1. The second-order valence-electron chi connectivity index (χ2n) is 5.65. The van der Waals surface area contributed by atoms with Gasteiger partial charge in [0.05, 0.1) is 5.41 Å². The first-order valence-electron chi connectivity index (χ1n) is 6.38. The van der Waals surface area contributed by atoms with E-state index < -0.39 is 11.4 Å². The first-order chi connectivity index (χ1) is 8.43. The third-order valence-electron chi connectivity index (χ3n) is 4.07. The predicted molar refractivity (Wildman–Crippen MR) is 69.6 cm³/mol. The molecule has 100 valence electrons. The quantitative estimate of drug-likeness (QED) is 0.889. The zero-order valence-electron chi connectivity index (χ0n) is 11.3. The van der Waals surface area contributed by atoms with E-state index in [9.17, 15) is 9.90 Å². The number of hydrogen-bond acceptors (Lipinski definition) is 3. The lowest BCUT2D eigenvalue weighted by atomic mass is 9.74. The normalized spacial score (nSPS) is 21.1. The van der Waals surface area contributed by atoms with E-state index in [0.29, 0.717) is 0 Å². The van der Waals surface area contributed by atoms with Crippen LogP contribution >= 0.6 is 0 Å². The van der Waals surface area contributed by atoms with Gasteiger partial charge >= 0.3 is 5.97 Å². The monoisotopic (exact) mass is 251 g/mol. The van der Waals surface area contributed by atoms with Gasteiger partial charge in [-0.25, -0.2) is 4.98 Å². The summed E-state index contributed by atoms with van der Waals surface area (Å²) in [5, 5.41) is 9.33. The molecule has 5 nitrogen and oxygen atoms in total. The summed E-state index contributed by atoms with van der Waals surface area (Å²) < 4.78 is 1.98. The van der Waals surface area contributed by atoms with Crippen molar-refractivity contribution in [2.45, 2.75) is 26.7 Å². The fourth-order valence-corrected chi connectivity index (χ4v) is 2.58. The Balaban J connectivity index is 2.15. The maximum absolute atomic E-state index is 11.3. The topological polar surface area (TPSA) is 58.4 Å². The zero-order chi connectivity index (χ0) is 13.3. The molecule has 0 amide bonds. The number of aliphatic carboxylic acids is 1. The van der Waals surface area contributed by atoms with E-state index in [1.165, 1.54) is 0 Å². The van der Waals surface area contributed by atoms with Crippen molar-refractivity contribution in [1.82, 2.24) is 9.55 Å². The molecule has 1 aliphatic rings. The van der Waals surface area contributed by atoms with Crippen LogP contribution in [-0.4, -0.2) is 33.7 Å². The summed E-state index contributed by atoms with van der Waals surface area (Å²) in [5.41, 5.74) is -0.677. The number of rotatable bonds is 3. The van der Waals surface area contributed by atoms with Crippen molar-refractivity contribution in [3.63, 3.8) is 0 Å². The molecule has 0 radical (unpaired) electrons. The Bertz CT molecular complexity index is 439. The highest BCUT2D eigenvalue weighted by Crippen LogP contribution is 2.35. The van der Waals surface area contributed by atoms with Gasteiger partial charge in [0.15, 0.2) is 0 Å². The summed E-state index contributed by atoms with van der Waals surface area (Å²) in [7, 11) is 1.97. The number of aromatic nitrogens is 2. The molecule has 0 bridgehead atoms. The van der Waals surface area contributed by atoms with Gasteiger partial charge in [0.1, 0.15) is 0 Å². The smallest absolute Gasteiger partial charge is 0.309 e.